The summed E-state index contributed by atoms with van der Waals surface area (Å²) in [5, 5.41) is 7.88. The van der Waals surface area contributed by atoms with Crippen LogP contribution in [0.5, 0.6) is 0 Å². The Morgan fingerprint density at radius 2 is 1.92 bits per heavy atom. The molecule has 0 radical (unpaired) electrons. The third kappa shape index (κ3) is 3.98. The third-order valence-corrected chi connectivity index (χ3v) is 4.36. The van der Waals surface area contributed by atoms with Crippen LogP contribution in [0.1, 0.15) is 21.6 Å². The van der Waals surface area contributed by atoms with Crippen LogP contribution in [-0.2, 0) is 0 Å². The number of ketones is 1. The number of aromatic amines is 1. The molecule has 126 valence electrons. The maximum Gasteiger partial charge on any atom is 0.188 e. The number of hydrogen-bond acceptors (Lipinski definition) is 2. The molecule has 0 saturated heterocycles. The van der Waals surface area contributed by atoms with Gasteiger partial charge in [0.2, 0.25) is 0 Å². The summed E-state index contributed by atoms with van der Waals surface area (Å²) in [6.07, 6.45) is 2.86. The second-order valence-electron chi connectivity index (χ2n) is 5.52. The van der Waals surface area contributed by atoms with Crippen molar-refractivity contribution in [2.24, 2.45) is 0 Å². The van der Waals surface area contributed by atoms with Crippen molar-refractivity contribution < 1.29 is 9.18 Å². The van der Waals surface area contributed by atoms with Crippen molar-refractivity contribution in [1.29, 1.82) is 0 Å². The molecule has 1 N–H and O–H groups in total. The maximum atomic E-state index is 13.8. The minimum absolute atomic E-state index is 0.0334. The van der Waals surface area contributed by atoms with Gasteiger partial charge in [0.1, 0.15) is 5.82 Å². The van der Waals surface area contributed by atoms with E-state index in [1.165, 1.54) is 18.2 Å². The van der Waals surface area contributed by atoms with Gasteiger partial charge in [-0.3, -0.25) is 9.89 Å². The number of nitrogens with one attached hydrogen (secondary N) is 1. The highest BCUT2D eigenvalue weighted by molar-refractivity contribution is 6.42. The van der Waals surface area contributed by atoms with Crippen LogP contribution in [-0.4, -0.2) is 16.0 Å². The Bertz CT molecular complexity index is 979. The Labute approximate surface area is 154 Å². The van der Waals surface area contributed by atoms with E-state index in [0.29, 0.717) is 21.4 Å². The smallest absolute Gasteiger partial charge is 0.188 e. The lowest BCUT2D eigenvalue weighted by atomic mass is 10.1. The number of carbonyl (C=O) groups excluding carboxylic acids is 1. The lowest BCUT2D eigenvalue weighted by Crippen LogP contribution is -1.98. The minimum atomic E-state index is -0.532. The molecule has 0 fully saturated rings. The second-order valence-corrected chi connectivity index (χ2v) is 6.33. The molecule has 0 saturated carbocycles. The van der Waals surface area contributed by atoms with E-state index in [-0.39, 0.29) is 5.56 Å². The first kappa shape index (κ1) is 17.4. The van der Waals surface area contributed by atoms with E-state index < -0.39 is 11.6 Å². The molecule has 3 rings (SSSR count). The molecule has 0 amide bonds. The predicted octanol–water partition coefficient (Wildman–Crippen LogP) is 5.73. The summed E-state index contributed by atoms with van der Waals surface area (Å²) in [5.74, 6) is -0.945. The van der Waals surface area contributed by atoms with Gasteiger partial charge in [-0.1, -0.05) is 35.3 Å². The molecular weight excluding hydrogens is 362 g/mol. The van der Waals surface area contributed by atoms with Crippen LogP contribution in [0.3, 0.4) is 0 Å². The first-order chi connectivity index (χ1) is 11.9. The zero-order chi connectivity index (χ0) is 18.0. The highest BCUT2D eigenvalue weighted by Gasteiger charge is 2.09. The van der Waals surface area contributed by atoms with Gasteiger partial charge >= 0.3 is 0 Å². The number of allylic oxidation sites excluding steroid dienone is 1. The van der Waals surface area contributed by atoms with E-state index in [1.807, 2.05) is 0 Å². The van der Waals surface area contributed by atoms with E-state index in [2.05, 4.69) is 10.2 Å². The molecular formula is C19H13Cl2FN2O. The van der Waals surface area contributed by atoms with E-state index in [0.717, 1.165) is 11.1 Å². The largest absolute Gasteiger partial charge is 0.289 e. The molecule has 25 heavy (non-hydrogen) atoms. The fraction of sp³-hybridized carbons (Fsp3) is 0.0526. The van der Waals surface area contributed by atoms with Gasteiger partial charge in [-0.25, -0.2) is 4.39 Å². The Kier molecular flexibility index (Phi) is 5.02. The number of aryl methyl sites for hydroxylation is 1. The molecule has 0 spiro atoms. The summed E-state index contributed by atoms with van der Waals surface area (Å²) in [6, 6.07) is 11.5. The molecule has 0 aliphatic heterocycles. The summed E-state index contributed by atoms with van der Waals surface area (Å²) in [6.45, 7) is 1.77. The van der Waals surface area contributed by atoms with Crippen LogP contribution in [0.2, 0.25) is 10.0 Å². The van der Waals surface area contributed by atoms with Crippen molar-refractivity contribution in [1.82, 2.24) is 10.2 Å². The summed E-state index contributed by atoms with van der Waals surface area (Å²) < 4.78 is 13.8. The van der Waals surface area contributed by atoms with Crippen molar-refractivity contribution in [2.75, 3.05) is 0 Å². The monoisotopic (exact) mass is 374 g/mol. The molecule has 0 bridgehead atoms. The summed E-state index contributed by atoms with van der Waals surface area (Å²) in [4.78, 5) is 12.1. The molecule has 1 aromatic heterocycles. The van der Waals surface area contributed by atoms with Crippen molar-refractivity contribution in [2.45, 2.75) is 6.92 Å². The first-order valence-electron chi connectivity index (χ1n) is 7.43. The fourth-order valence-electron chi connectivity index (χ4n) is 2.30. The molecule has 2 aromatic carbocycles. The molecule has 1 heterocycles. The number of rotatable bonds is 4. The zero-order valence-electron chi connectivity index (χ0n) is 13.2. The van der Waals surface area contributed by atoms with Crippen LogP contribution in [0.15, 0.2) is 48.5 Å². The fourth-order valence-corrected chi connectivity index (χ4v) is 2.60. The van der Waals surface area contributed by atoms with Gasteiger partial charge in [-0.15, -0.1) is 0 Å². The van der Waals surface area contributed by atoms with Gasteiger partial charge in [0, 0.05) is 5.56 Å². The second kappa shape index (κ2) is 7.21. The summed E-state index contributed by atoms with van der Waals surface area (Å²) in [7, 11) is 0. The third-order valence-electron chi connectivity index (χ3n) is 3.62. The Hall–Kier alpha value is -2.43. The molecule has 0 aliphatic rings. The number of aromatic nitrogens is 2. The van der Waals surface area contributed by atoms with Gasteiger partial charge in [-0.05, 0) is 55.0 Å². The highest BCUT2D eigenvalue weighted by atomic mass is 35.5. The number of halogens is 3. The normalized spacial score (nSPS) is 11.2. The van der Waals surface area contributed by atoms with E-state index in [4.69, 9.17) is 23.2 Å². The van der Waals surface area contributed by atoms with Gasteiger partial charge in [-0.2, -0.15) is 5.10 Å². The van der Waals surface area contributed by atoms with Gasteiger partial charge in [0.25, 0.3) is 0 Å². The Morgan fingerprint density at radius 1 is 1.12 bits per heavy atom. The standard InChI is InChI=1S/C19H13Cl2FN2O/c1-11-2-5-14(17(22)8-11)19(25)7-4-13-10-18(24-23-13)12-3-6-15(20)16(21)9-12/h2-10H,1H3,(H,23,24)/b7-4+. The van der Waals surface area contributed by atoms with Gasteiger partial charge in [0.05, 0.1) is 27.0 Å². The minimum Gasteiger partial charge on any atom is -0.289 e. The van der Waals surface area contributed by atoms with Crippen molar-refractivity contribution in [3.8, 4) is 11.3 Å². The van der Waals surface area contributed by atoms with Gasteiger partial charge in [0.15, 0.2) is 5.78 Å². The van der Waals surface area contributed by atoms with Crippen LogP contribution >= 0.6 is 23.2 Å². The highest BCUT2D eigenvalue weighted by Crippen LogP contribution is 2.28. The topological polar surface area (TPSA) is 45.8 Å². The quantitative estimate of drug-likeness (QED) is 0.468. The molecule has 6 heteroatoms. The summed E-state index contributed by atoms with van der Waals surface area (Å²) >= 11 is 11.9. The van der Waals surface area contributed by atoms with Crippen LogP contribution in [0, 0.1) is 12.7 Å². The van der Waals surface area contributed by atoms with Crippen molar-refractivity contribution in [3.63, 3.8) is 0 Å². The number of hydrogen-bond donors (Lipinski definition) is 1. The summed E-state index contributed by atoms with van der Waals surface area (Å²) in [5.41, 5.74) is 2.86. The molecule has 0 unspecified atom stereocenters. The predicted molar refractivity (Wildman–Crippen MR) is 98.5 cm³/mol. The number of nitrogens with zero attached hydrogens (tertiary/aromatic N) is 1. The molecule has 0 aliphatic carbocycles. The Balaban J connectivity index is 1.79. The number of carbonyl (C=O) groups is 1. The van der Waals surface area contributed by atoms with E-state index in [1.54, 1.807) is 43.3 Å². The molecule has 3 aromatic rings. The maximum absolute atomic E-state index is 13.8. The lowest BCUT2D eigenvalue weighted by Gasteiger charge is -1.99. The molecule has 0 atom stereocenters. The van der Waals surface area contributed by atoms with Crippen LogP contribution in [0.25, 0.3) is 17.3 Å². The SMILES string of the molecule is Cc1ccc(C(=O)/C=C/c2cc(-c3ccc(Cl)c(Cl)c3)n[nH]2)c(F)c1. The average molecular weight is 375 g/mol. The Morgan fingerprint density at radius 3 is 2.64 bits per heavy atom. The van der Waals surface area contributed by atoms with E-state index >= 15 is 0 Å². The van der Waals surface area contributed by atoms with Crippen molar-refractivity contribution >= 4 is 35.1 Å². The van der Waals surface area contributed by atoms with Crippen LogP contribution in [0.4, 0.5) is 4.39 Å². The zero-order valence-corrected chi connectivity index (χ0v) is 14.7. The first-order valence-corrected chi connectivity index (χ1v) is 8.19. The van der Waals surface area contributed by atoms with Crippen LogP contribution < -0.4 is 0 Å². The molecule has 3 nitrogen and oxygen atoms in total. The van der Waals surface area contributed by atoms with Gasteiger partial charge < -0.3 is 0 Å². The lowest BCUT2D eigenvalue weighted by molar-refractivity contribution is 0.104. The van der Waals surface area contributed by atoms with E-state index in [9.17, 15) is 9.18 Å². The van der Waals surface area contributed by atoms with Crippen molar-refractivity contribution in [3.05, 3.63) is 81.2 Å². The number of H-pyrrole nitrogens is 1. The average Bonchev–Trinajstić information content (AvgIpc) is 3.04. The number of benzene rings is 2.